The minimum absolute atomic E-state index is 0.0929. The molecule has 0 aliphatic heterocycles. The first-order chi connectivity index (χ1) is 7.27. The van der Waals surface area contributed by atoms with E-state index >= 15 is 0 Å². The number of hydrazine groups is 1. The molecule has 1 aromatic rings. The Morgan fingerprint density at radius 2 is 2.27 bits per heavy atom. The van der Waals surface area contributed by atoms with E-state index in [0.717, 1.165) is 24.4 Å². The Balaban J connectivity index is 2.53. The van der Waals surface area contributed by atoms with Crippen molar-refractivity contribution in [3.63, 3.8) is 0 Å². The highest BCUT2D eigenvalue weighted by atomic mass is 16.5. The molecule has 0 aliphatic rings. The molecule has 0 aliphatic carbocycles. The fourth-order valence-corrected chi connectivity index (χ4v) is 1.15. The van der Waals surface area contributed by atoms with Crippen LogP contribution < -0.4 is 11.3 Å². The molecule has 0 aromatic carbocycles. The number of ether oxygens (including phenoxy) is 1. The largest absolute Gasteiger partial charge is 0.379 e. The van der Waals surface area contributed by atoms with E-state index in [2.05, 4.69) is 22.3 Å². The zero-order chi connectivity index (χ0) is 11.1. The number of rotatable bonds is 6. The van der Waals surface area contributed by atoms with Crippen LogP contribution in [0, 0.1) is 6.92 Å². The first-order valence-corrected chi connectivity index (χ1v) is 5.10. The normalized spacial score (nSPS) is 12.7. The Bertz CT molecular complexity index is 275. The molecule has 1 rings (SSSR count). The van der Waals surface area contributed by atoms with Crippen LogP contribution >= 0.6 is 0 Å². The number of aryl methyl sites for hydroxylation is 1. The first-order valence-electron chi connectivity index (χ1n) is 5.10. The van der Waals surface area contributed by atoms with Crippen LogP contribution in [0.15, 0.2) is 12.4 Å². The molecule has 0 saturated heterocycles. The molecule has 0 radical (unpaired) electrons. The summed E-state index contributed by atoms with van der Waals surface area (Å²) in [6.07, 6.45) is 4.44. The molecule has 0 saturated carbocycles. The third kappa shape index (κ3) is 3.91. The van der Waals surface area contributed by atoms with Gasteiger partial charge in [0.15, 0.2) is 0 Å². The molecule has 15 heavy (non-hydrogen) atoms. The Hall–Kier alpha value is -1.04. The first kappa shape index (κ1) is 12.0. The summed E-state index contributed by atoms with van der Waals surface area (Å²) in [7, 11) is 0. The van der Waals surface area contributed by atoms with Crippen molar-refractivity contribution in [2.45, 2.75) is 26.3 Å². The third-order valence-electron chi connectivity index (χ3n) is 1.99. The molecule has 1 heterocycles. The van der Waals surface area contributed by atoms with Gasteiger partial charge in [-0.2, -0.15) is 0 Å². The molecule has 3 N–H and O–H groups in total. The van der Waals surface area contributed by atoms with Crippen molar-refractivity contribution in [1.29, 1.82) is 0 Å². The molecular formula is C10H18N4O. The lowest BCUT2D eigenvalue weighted by Crippen LogP contribution is -2.32. The average Bonchev–Trinajstić information content (AvgIpc) is 2.26. The Morgan fingerprint density at radius 3 is 2.80 bits per heavy atom. The summed E-state index contributed by atoms with van der Waals surface area (Å²) in [6.45, 7) is 5.21. The van der Waals surface area contributed by atoms with Crippen molar-refractivity contribution in [2.75, 3.05) is 13.2 Å². The summed E-state index contributed by atoms with van der Waals surface area (Å²) in [5, 5.41) is 0. The van der Waals surface area contributed by atoms with E-state index < -0.39 is 0 Å². The highest BCUT2D eigenvalue weighted by Crippen LogP contribution is 2.08. The maximum Gasteiger partial charge on any atom is 0.0880 e. The molecule has 0 spiro atoms. The number of nitrogens with one attached hydrogen (secondary N) is 1. The van der Waals surface area contributed by atoms with Gasteiger partial charge in [-0.25, -0.2) is 5.43 Å². The van der Waals surface area contributed by atoms with Crippen molar-refractivity contribution in [3.8, 4) is 0 Å². The monoisotopic (exact) mass is 210 g/mol. The molecule has 84 valence electrons. The van der Waals surface area contributed by atoms with E-state index in [9.17, 15) is 0 Å². The second kappa shape index (κ2) is 6.44. The minimum atomic E-state index is -0.0929. The standard InChI is InChI=1S/C10H18N4O/c1-3-4-15-7-10(14-11)9-6-12-8(2)5-13-9/h5-6,10,14H,3-4,7,11H2,1-2H3. The van der Waals surface area contributed by atoms with E-state index in [0.29, 0.717) is 6.61 Å². The van der Waals surface area contributed by atoms with Gasteiger partial charge in [0.2, 0.25) is 0 Å². The van der Waals surface area contributed by atoms with Crippen LogP contribution in [0.2, 0.25) is 0 Å². The van der Waals surface area contributed by atoms with Crippen molar-refractivity contribution in [1.82, 2.24) is 15.4 Å². The van der Waals surface area contributed by atoms with E-state index in [1.165, 1.54) is 0 Å². The zero-order valence-electron chi connectivity index (χ0n) is 9.23. The predicted octanol–water partition coefficient (Wildman–Crippen LogP) is 0.716. The number of nitrogens with zero attached hydrogens (tertiary/aromatic N) is 2. The molecule has 0 bridgehead atoms. The summed E-state index contributed by atoms with van der Waals surface area (Å²) in [6, 6.07) is -0.0929. The van der Waals surface area contributed by atoms with Gasteiger partial charge in [-0.1, -0.05) is 6.92 Å². The van der Waals surface area contributed by atoms with Gasteiger partial charge >= 0.3 is 0 Å². The third-order valence-corrected chi connectivity index (χ3v) is 1.99. The Kier molecular flexibility index (Phi) is 5.17. The highest BCUT2D eigenvalue weighted by Gasteiger charge is 2.11. The maximum absolute atomic E-state index is 5.43. The Labute approximate surface area is 90.0 Å². The van der Waals surface area contributed by atoms with Crippen LogP contribution in [0.5, 0.6) is 0 Å². The summed E-state index contributed by atoms with van der Waals surface area (Å²) in [4.78, 5) is 8.41. The van der Waals surface area contributed by atoms with Crippen LogP contribution in [-0.2, 0) is 4.74 Å². The second-order valence-electron chi connectivity index (χ2n) is 3.38. The fourth-order valence-electron chi connectivity index (χ4n) is 1.15. The molecule has 5 nitrogen and oxygen atoms in total. The van der Waals surface area contributed by atoms with Crippen molar-refractivity contribution < 1.29 is 4.74 Å². The number of hydrogen-bond donors (Lipinski definition) is 2. The SMILES string of the molecule is CCCOCC(NN)c1cnc(C)cn1. The van der Waals surface area contributed by atoms with Gasteiger partial charge in [0.1, 0.15) is 0 Å². The topological polar surface area (TPSA) is 73.1 Å². The summed E-state index contributed by atoms with van der Waals surface area (Å²) in [5.41, 5.74) is 4.37. The van der Waals surface area contributed by atoms with E-state index in [1.54, 1.807) is 12.4 Å². The predicted molar refractivity (Wildman–Crippen MR) is 57.9 cm³/mol. The van der Waals surface area contributed by atoms with Gasteiger partial charge in [-0.15, -0.1) is 0 Å². The lowest BCUT2D eigenvalue weighted by Gasteiger charge is -2.14. The molecule has 5 heteroatoms. The van der Waals surface area contributed by atoms with Crippen molar-refractivity contribution in [2.24, 2.45) is 5.84 Å². The van der Waals surface area contributed by atoms with Gasteiger partial charge in [0.05, 0.1) is 30.2 Å². The quantitative estimate of drug-likeness (QED) is 0.411. The average molecular weight is 210 g/mol. The molecule has 0 fully saturated rings. The molecular weight excluding hydrogens is 192 g/mol. The van der Waals surface area contributed by atoms with Crippen molar-refractivity contribution >= 4 is 0 Å². The summed E-state index contributed by atoms with van der Waals surface area (Å²) < 4.78 is 5.41. The molecule has 1 aromatic heterocycles. The molecule has 1 atom stereocenters. The molecule has 1 unspecified atom stereocenters. The van der Waals surface area contributed by atoms with E-state index in [-0.39, 0.29) is 6.04 Å². The van der Waals surface area contributed by atoms with Gasteiger partial charge in [-0.05, 0) is 13.3 Å². The molecule has 0 amide bonds. The Morgan fingerprint density at radius 1 is 1.47 bits per heavy atom. The van der Waals surface area contributed by atoms with Gasteiger partial charge in [-0.3, -0.25) is 15.8 Å². The van der Waals surface area contributed by atoms with Crippen LogP contribution in [-0.4, -0.2) is 23.2 Å². The van der Waals surface area contributed by atoms with E-state index in [1.807, 2.05) is 6.92 Å². The van der Waals surface area contributed by atoms with Gasteiger partial charge < -0.3 is 4.74 Å². The lowest BCUT2D eigenvalue weighted by atomic mass is 10.2. The van der Waals surface area contributed by atoms with Gasteiger partial charge in [0.25, 0.3) is 0 Å². The number of aromatic nitrogens is 2. The minimum Gasteiger partial charge on any atom is -0.379 e. The zero-order valence-corrected chi connectivity index (χ0v) is 9.23. The van der Waals surface area contributed by atoms with E-state index in [4.69, 9.17) is 10.6 Å². The van der Waals surface area contributed by atoms with Crippen LogP contribution in [0.3, 0.4) is 0 Å². The second-order valence-corrected chi connectivity index (χ2v) is 3.38. The smallest absolute Gasteiger partial charge is 0.0880 e. The van der Waals surface area contributed by atoms with Crippen LogP contribution in [0.4, 0.5) is 0 Å². The summed E-state index contributed by atoms with van der Waals surface area (Å²) >= 11 is 0. The lowest BCUT2D eigenvalue weighted by molar-refractivity contribution is 0.111. The number of nitrogens with two attached hydrogens (primary N) is 1. The maximum atomic E-state index is 5.43. The van der Waals surface area contributed by atoms with Crippen LogP contribution in [0.25, 0.3) is 0 Å². The number of hydrogen-bond acceptors (Lipinski definition) is 5. The van der Waals surface area contributed by atoms with Crippen molar-refractivity contribution in [3.05, 3.63) is 23.8 Å². The fraction of sp³-hybridized carbons (Fsp3) is 0.600. The highest BCUT2D eigenvalue weighted by molar-refractivity contribution is 5.05. The van der Waals surface area contributed by atoms with Gasteiger partial charge in [0, 0.05) is 12.8 Å². The summed E-state index contributed by atoms with van der Waals surface area (Å²) in [5.74, 6) is 5.43. The van der Waals surface area contributed by atoms with Crippen LogP contribution in [0.1, 0.15) is 30.8 Å².